The van der Waals surface area contributed by atoms with Gasteiger partial charge in [-0.25, -0.2) is 4.79 Å². The van der Waals surface area contributed by atoms with Gasteiger partial charge in [0, 0.05) is 34.1 Å². The van der Waals surface area contributed by atoms with Gasteiger partial charge in [-0.1, -0.05) is 6.92 Å². The number of hydrogen-bond donors (Lipinski definition) is 1. The van der Waals surface area contributed by atoms with Crippen molar-refractivity contribution in [1.29, 1.82) is 0 Å². The molecule has 1 amide bonds. The summed E-state index contributed by atoms with van der Waals surface area (Å²) in [6.07, 6.45) is -4.56. The maximum atomic E-state index is 12.3. The van der Waals surface area contributed by atoms with E-state index < -0.39 is 72.8 Å². The lowest BCUT2D eigenvalue weighted by molar-refractivity contribution is -0.200. The molecule has 0 aliphatic carbocycles. The lowest BCUT2D eigenvalue weighted by Crippen LogP contribution is -2.60. The van der Waals surface area contributed by atoms with Crippen molar-refractivity contribution in [3.8, 4) is 0 Å². The molecule has 0 bridgehead atoms. The van der Waals surface area contributed by atoms with Crippen molar-refractivity contribution in [2.45, 2.75) is 71.5 Å². The van der Waals surface area contributed by atoms with E-state index in [1.165, 1.54) is 6.08 Å². The van der Waals surface area contributed by atoms with Crippen LogP contribution in [-0.2, 0) is 57.2 Å². The van der Waals surface area contributed by atoms with E-state index in [-0.39, 0.29) is 12.2 Å². The monoisotopic (exact) mass is 487 g/mol. The molecule has 34 heavy (non-hydrogen) atoms. The van der Waals surface area contributed by atoms with Crippen LogP contribution in [0.25, 0.3) is 0 Å². The number of rotatable bonds is 10. The summed E-state index contributed by atoms with van der Waals surface area (Å²) in [6, 6.07) is -1.12. The number of hydrogen-bond acceptors (Lipinski definition) is 12. The number of ether oxygens (including phenoxy) is 6. The minimum Gasteiger partial charge on any atom is -0.475 e. The van der Waals surface area contributed by atoms with E-state index in [1.54, 1.807) is 6.92 Å². The quantitative estimate of drug-likeness (QED) is 0.316. The Balaban J connectivity index is 3.60. The summed E-state index contributed by atoms with van der Waals surface area (Å²) >= 11 is 0. The number of methoxy groups -OCH3 is 1. The molecule has 0 radical (unpaired) electrons. The first-order chi connectivity index (χ1) is 15.9. The average Bonchev–Trinajstić information content (AvgIpc) is 2.74. The van der Waals surface area contributed by atoms with Gasteiger partial charge in [0.15, 0.2) is 24.4 Å². The van der Waals surface area contributed by atoms with Crippen molar-refractivity contribution in [3.05, 3.63) is 11.8 Å². The number of amides is 1. The lowest BCUT2D eigenvalue weighted by atomic mass is 9.93. The van der Waals surface area contributed by atoms with E-state index in [4.69, 9.17) is 23.7 Å². The average molecular weight is 487 g/mol. The third-order valence-corrected chi connectivity index (χ3v) is 4.37. The summed E-state index contributed by atoms with van der Waals surface area (Å²) in [5.41, 5.74) is 0. The predicted octanol–water partition coefficient (Wildman–Crippen LogP) is -0.305. The lowest BCUT2D eigenvalue weighted by Gasteiger charge is -2.41. The molecule has 0 saturated carbocycles. The van der Waals surface area contributed by atoms with Crippen LogP contribution in [0.2, 0.25) is 0 Å². The zero-order valence-electron chi connectivity index (χ0n) is 19.8. The largest absolute Gasteiger partial charge is 0.475 e. The molecule has 1 rings (SSSR count). The Morgan fingerprint density at radius 2 is 1.59 bits per heavy atom. The molecule has 1 heterocycles. The molecule has 13 nitrogen and oxygen atoms in total. The van der Waals surface area contributed by atoms with Gasteiger partial charge >= 0.3 is 29.8 Å². The fourth-order valence-electron chi connectivity index (χ4n) is 3.08. The SMILES string of the molecule is CCC(=O)N[C@H]1C=C(C(=O)OC)O[C@@H]([C@@H](OC(C)=O)[C@@H](COC(C)=O)OC(C)=O)[C@@H]1OC(C)=O. The first-order valence-corrected chi connectivity index (χ1v) is 10.3. The molecule has 1 aliphatic heterocycles. The zero-order valence-corrected chi connectivity index (χ0v) is 19.8. The second-order valence-electron chi connectivity index (χ2n) is 7.15. The predicted molar refractivity (Wildman–Crippen MR) is 110 cm³/mol. The summed E-state index contributed by atoms with van der Waals surface area (Å²) < 4.78 is 31.2. The van der Waals surface area contributed by atoms with Gasteiger partial charge in [-0.15, -0.1) is 0 Å². The Morgan fingerprint density at radius 3 is 2.06 bits per heavy atom. The zero-order chi connectivity index (χ0) is 26.0. The van der Waals surface area contributed by atoms with Crippen LogP contribution in [0.3, 0.4) is 0 Å². The van der Waals surface area contributed by atoms with E-state index in [0.29, 0.717) is 0 Å². The van der Waals surface area contributed by atoms with Crippen molar-refractivity contribution in [2.75, 3.05) is 13.7 Å². The molecule has 0 spiro atoms. The molecule has 1 aliphatic rings. The first kappa shape index (κ1) is 28.4. The third kappa shape index (κ3) is 8.71. The van der Waals surface area contributed by atoms with E-state index in [1.807, 2.05) is 0 Å². The number of esters is 5. The minimum atomic E-state index is -1.54. The van der Waals surface area contributed by atoms with Crippen LogP contribution in [0, 0.1) is 0 Å². The summed E-state index contributed by atoms with van der Waals surface area (Å²) in [4.78, 5) is 71.3. The van der Waals surface area contributed by atoms with Gasteiger partial charge in [0.05, 0.1) is 13.2 Å². The van der Waals surface area contributed by atoms with Gasteiger partial charge in [-0.2, -0.15) is 0 Å². The summed E-state index contributed by atoms with van der Waals surface area (Å²) in [6.45, 7) is 5.36. The summed E-state index contributed by atoms with van der Waals surface area (Å²) in [7, 11) is 1.09. The highest BCUT2D eigenvalue weighted by Crippen LogP contribution is 2.28. The van der Waals surface area contributed by atoms with Crippen molar-refractivity contribution < 1.29 is 57.2 Å². The highest BCUT2D eigenvalue weighted by atomic mass is 16.6. The standard InChI is InChI=1S/C21H29NO12/c1-7-17(27)22-14-8-15(21(28)29-6)34-20(18(14)32-12(4)25)19(33-13(5)26)16(31-11(3)24)9-30-10(2)23/h8,14,16,18-20H,7,9H2,1-6H3,(H,22,27)/t14-,16+,18+,19-,20+/m0/s1. The van der Waals surface area contributed by atoms with Gasteiger partial charge < -0.3 is 33.7 Å². The number of nitrogens with one attached hydrogen (secondary N) is 1. The summed E-state index contributed by atoms with van der Waals surface area (Å²) in [5.74, 6) is -4.94. The molecule has 0 aromatic carbocycles. The van der Waals surface area contributed by atoms with Crippen LogP contribution < -0.4 is 5.32 Å². The van der Waals surface area contributed by atoms with Crippen molar-refractivity contribution in [3.63, 3.8) is 0 Å². The molecule has 13 heteroatoms. The normalized spacial score (nSPS) is 20.9. The van der Waals surface area contributed by atoms with Crippen LogP contribution in [0.15, 0.2) is 11.8 Å². The topological polar surface area (TPSA) is 170 Å². The van der Waals surface area contributed by atoms with E-state index in [9.17, 15) is 28.8 Å². The Labute approximate surface area is 196 Å². The van der Waals surface area contributed by atoms with Gasteiger partial charge in [0.1, 0.15) is 6.61 Å². The van der Waals surface area contributed by atoms with E-state index in [0.717, 1.165) is 34.8 Å². The Hall–Kier alpha value is -3.64. The van der Waals surface area contributed by atoms with Crippen molar-refractivity contribution in [1.82, 2.24) is 5.32 Å². The molecule has 1 N–H and O–H groups in total. The number of carbonyl (C=O) groups excluding carboxylic acids is 6. The fraction of sp³-hybridized carbons (Fsp3) is 0.619. The smallest absolute Gasteiger partial charge is 0.373 e. The van der Waals surface area contributed by atoms with Gasteiger partial charge in [0.2, 0.25) is 11.7 Å². The van der Waals surface area contributed by atoms with Gasteiger partial charge in [-0.3, -0.25) is 24.0 Å². The fourth-order valence-corrected chi connectivity index (χ4v) is 3.08. The van der Waals surface area contributed by atoms with Crippen LogP contribution in [0.4, 0.5) is 0 Å². The van der Waals surface area contributed by atoms with Gasteiger partial charge in [-0.05, 0) is 6.08 Å². The minimum absolute atomic E-state index is 0.0616. The second-order valence-corrected chi connectivity index (χ2v) is 7.15. The van der Waals surface area contributed by atoms with Crippen LogP contribution in [0.1, 0.15) is 41.0 Å². The van der Waals surface area contributed by atoms with Gasteiger partial charge in [0.25, 0.3) is 0 Å². The Morgan fingerprint density at radius 1 is 0.971 bits per heavy atom. The first-order valence-electron chi connectivity index (χ1n) is 10.3. The van der Waals surface area contributed by atoms with Crippen LogP contribution in [0.5, 0.6) is 0 Å². The maximum absolute atomic E-state index is 12.3. The molecule has 0 saturated heterocycles. The second kappa shape index (κ2) is 13.2. The van der Waals surface area contributed by atoms with Crippen LogP contribution >= 0.6 is 0 Å². The van der Waals surface area contributed by atoms with E-state index in [2.05, 4.69) is 10.1 Å². The highest BCUT2D eigenvalue weighted by Gasteiger charge is 2.49. The van der Waals surface area contributed by atoms with E-state index >= 15 is 0 Å². The molecule has 0 unspecified atom stereocenters. The van der Waals surface area contributed by atoms with Crippen LogP contribution in [-0.4, -0.2) is 79.9 Å². The molecule has 0 aromatic heterocycles. The Kier molecular flexibility index (Phi) is 11.0. The number of carbonyl (C=O) groups is 6. The third-order valence-electron chi connectivity index (χ3n) is 4.37. The van der Waals surface area contributed by atoms with Crippen molar-refractivity contribution >= 4 is 35.8 Å². The molecule has 5 atom stereocenters. The molecule has 190 valence electrons. The molecular formula is C21H29NO12. The van der Waals surface area contributed by atoms with Crippen molar-refractivity contribution in [2.24, 2.45) is 0 Å². The highest BCUT2D eigenvalue weighted by molar-refractivity contribution is 5.87. The maximum Gasteiger partial charge on any atom is 0.373 e. The summed E-state index contributed by atoms with van der Waals surface area (Å²) in [5, 5.41) is 2.59. The molecule has 0 fully saturated rings. The molecular weight excluding hydrogens is 458 g/mol. The Bertz CT molecular complexity index is 836. The molecule has 0 aromatic rings.